The van der Waals surface area contributed by atoms with E-state index in [9.17, 15) is 10.3 Å². The maximum Gasteiger partial charge on any atom is 0.266 e. The minimum atomic E-state index is -1.55. The summed E-state index contributed by atoms with van der Waals surface area (Å²) in [7, 11) is 1.57. The second kappa shape index (κ2) is 16.0. The summed E-state index contributed by atoms with van der Waals surface area (Å²) >= 11 is 6.34. The van der Waals surface area contributed by atoms with E-state index in [1.165, 1.54) is 0 Å². The SMILES string of the molecule is COc1cccc([C@@H]2OC(c3ccc(OCCCO)cc3)=N[C@]2(Cc2ccccc2N=[N+]=[N-])C(=O)NNCCc2ccccc2Cl)c1. The van der Waals surface area contributed by atoms with E-state index in [2.05, 4.69) is 20.9 Å². The molecule has 12 heteroatoms. The van der Waals surface area contributed by atoms with Crippen LogP contribution in [-0.2, 0) is 22.4 Å². The molecule has 0 fully saturated rings. The van der Waals surface area contributed by atoms with Crippen molar-refractivity contribution in [3.63, 3.8) is 0 Å². The molecule has 0 saturated carbocycles. The number of hydrogen-bond donors (Lipinski definition) is 3. The van der Waals surface area contributed by atoms with E-state index in [0.29, 0.717) is 64.9 Å². The van der Waals surface area contributed by atoms with Crippen LogP contribution in [0.25, 0.3) is 10.4 Å². The summed E-state index contributed by atoms with van der Waals surface area (Å²) < 4.78 is 17.8. The Morgan fingerprint density at radius 1 is 1.04 bits per heavy atom. The molecule has 0 unspecified atom stereocenters. The molecule has 0 aliphatic carbocycles. The molecule has 0 saturated heterocycles. The Morgan fingerprint density at radius 3 is 2.55 bits per heavy atom. The summed E-state index contributed by atoms with van der Waals surface area (Å²) in [6, 6.07) is 29.1. The third kappa shape index (κ3) is 8.03. The zero-order valence-corrected chi connectivity index (χ0v) is 26.6. The Morgan fingerprint density at radius 2 is 1.81 bits per heavy atom. The Labute approximate surface area is 277 Å². The van der Waals surface area contributed by atoms with Crippen LogP contribution in [0.2, 0.25) is 5.02 Å². The van der Waals surface area contributed by atoms with Crippen molar-refractivity contribution >= 4 is 29.1 Å². The van der Waals surface area contributed by atoms with E-state index in [4.69, 9.17) is 35.9 Å². The average molecular weight is 655 g/mol. The van der Waals surface area contributed by atoms with Crippen LogP contribution in [0.3, 0.4) is 0 Å². The van der Waals surface area contributed by atoms with Gasteiger partial charge in [0.25, 0.3) is 5.91 Å². The van der Waals surface area contributed by atoms with Crippen molar-refractivity contribution < 1.29 is 24.1 Å². The lowest BCUT2D eigenvalue weighted by molar-refractivity contribution is -0.130. The van der Waals surface area contributed by atoms with Crippen molar-refractivity contribution in [2.45, 2.75) is 30.9 Å². The second-order valence-electron chi connectivity index (χ2n) is 10.8. The molecule has 3 N–H and O–H groups in total. The van der Waals surface area contributed by atoms with E-state index in [0.717, 1.165) is 5.56 Å². The number of nitrogens with one attached hydrogen (secondary N) is 2. The Kier molecular flexibility index (Phi) is 11.3. The van der Waals surface area contributed by atoms with E-state index in [1.807, 2.05) is 54.6 Å². The van der Waals surface area contributed by atoms with Crippen molar-refractivity contribution in [1.82, 2.24) is 10.9 Å². The highest BCUT2D eigenvalue weighted by Gasteiger charge is 2.53. The Hall–Kier alpha value is -5.06. The summed E-state index contributed by atoms with van der Waals surface area (Å²) in [6.07, 6.45) is 0.247. The highest BCUT2D eigenvalue weighted by atomic mass is 35.5. The molecule has 1 heterocycles. The number of carbonyl (C=O) groups is 1. The maximum atomic E-state index is 14.5. The zero-order valence-electron chi connectivity index (χ0n) is 25.8. The minimum Gasteiger partial charge on any atom is -0.497 e. The number of ether oxygens (including phenoxy) is 3. The molecule has 4 aromatic carbocycles. The number of azide groups is 1. The maximum absolute atomic E-state index is 14.5. The number of carbonyl (C=O) groups excluding carboxylic acids is 1. The van der Waals surface area contributed by atoms with Gasteiger partial charge in [-0.25, -0.2) is 10.4 Å². The van der Waals surface area contributed by atoms with Crippen LogP contribution < -0.4 is 20.3 Å². The molecular formula is C35H35ClN6O5. The topological polar surface area (TPSA) is 150 Å². The zero-order chi connectivity index (χ0) is 33.1. The highest BCUT2D eigenvalue weighted by molar-refractivity contribution is 6.31. The monoisotopic (exact) mass is 654 g/mol. The fraction of sp³-hybridized carbons (Fsp3) is 0.257. The summed E-state index contributed by atoms with van der Waals surface area (Å²) in [5.74, 6) is 1.03. The number of hydrazine groups is 1. The fourth-order valence-electron chi connectivity index (χ4n) is 5.33. The van der Waals surface area contributed by atoms with Gasteiger partial charge < -0.3 is 19.3 Å². The largest absolute Gasteiger partial charge is 0.497 e. The summed E-state index contributed by atoms with van der Waals surface area (Å²) in [5, 5.41) is 13.6. The van der Waals surface area contributed by atoms with Gasteiger partial charge in [0.1, 0.15) is 11.5 Å². The molecule has 0 radical (unpaired) electrons. The van der Waals surface area contributed by atoms with Crippen molar-refractivity contribution in [1.29, 1.82) is 0 Å². The fourth-order valence-corrected chi connectivity index (χ4v) is 5.56. The molecular weight excluding hydrogens is 620 g/mol. The molecule has 0 bridgehead atoms. The molecule has 47 heavy (non-hydrogen) atoms. The van der Waals surface area contributed by atoms with Crippen molar-refractivity contribution in [3.05, 3.63) is 135 Å². The Balaban J connectivity index is 1.54. The lowest BCUT2D eigenvalue weighted by Gasteiger charge is -2.31. The van der Waals surface area contributed by atoms with Gasteiger partial charge in [0.05, 0.1) is 13.7 Å². The van der Waals surface area contributed by atoms with Crippen LogP contribution in [-0.4, -0.2) is 49.3 Å². The van der Waals surface area contributed by atoms with Gasteiger partial charge in [-0.3, -0.25) is 10.2 Å². The van der Waals surface area contributed by atoms with E-state index in [-0.39, 0.29) is 18.9 Å². The summed E-state index contributed by atoms with van der Waals surface area (Å²) in [5.41, 5.74) is 16.9. The van der Waals surface area contributed by atoms with Gasteiger partial charge in [-0.1, -0.05) is 71.3 Å². The molecule has 5 rings (SSSR count). The van der Waals surface area contributed by atoms with Crippen molar-refractivity contribution in [2.24, 2.45) is 10.1 Å². The van der Waals surface area contributed by atoms with Gasteiger partial charge in [-0.05, 0) is 71.1 Å². The van der Waals surface area contributed by atoms with E-state index < -0.39 is 17.6 Å². The van der Waals surface area contributed by atoms with Gasteiger partial charge in [-0.2, -0.15) is 0 Å². The van der Waals surface area contributed by atoms with Gasteiger partial charge in [0, 0.05) is 47.2 Å². The quantitative estimate of drug-likeness (QED) is 0.0443. The first-order valence-corrected chi connectivity index (χ1v) is 15.5. The molecule has 4 aromatic rings. The first-order valence-electron chi connectivity index (χ1n) is 15.1. The second-order valence-corrected chi connectivity index (χ2v) is 11.2. The number of hydrogen-bond acceptors (Lipinski definition) is 8. The molecule has 1 amide bonds. The number of halogens is 1. The van der Waals surface area contributed by atoms with Crippen LogP contribution in [0.4, 0.5) is 5.69 Å². The number of amides is 1. The molecule has 1 aliphatic heterocycles. The lowest BCUT2D eigenvalue weighted by Crippen LogP contribution is -2.54. The van der Waals surface area contributed by atoms with Crippen molar-refractivity contribution in [3.8, 4) is 11.5 Å². The number of benzene rings is 4. The van der Waals surface area contributed by atoms with Gasteiger partial charge >= 0.3 is 0 Å². The molecule has 242 valence electrons. The summed E-state index contributed by atoms with van der Waals surface area (Å²) in [6.45, 7) is 0.818. The number of aliphatic imine (C=N–C) groups is 1. The van der Waals surface area contributed by atoms with Gasteiger partial charge in [0.15, 0.2) is 11.6 Å². The number of nitrogens with zero attached hydrogens (tertiary/aromatic N) is 4. The number of aliphatic hydroxyl groups excluding tert-OH is 1. The number of rotatable bonds is 15. The predicted molar refractivity (Wildman–Crippen MR) is 180 cm³/mol. The number of aliphatic hydroxyl groups is 1. The Bertz CT molecular complexity index is 1760. The lowest BCUT2D eigenvalue weighted by atomic mass is 9.81. The number of methoxy groups -OCH3 is 1. The van der Waals surface area contributed by atoms with E-state index >= 15 is 0 Å². The first kappa shape index (κ1) is 33.3. The third-order valence-corrected chi connectivity index (χ3v) is 8.08. The molecule has 2 atom stereocenters. The predicted octanol–water partition coefficient (Wildman–Crippen LogP) is 6.41. The average Bonchev–Trinajstić information content (AvgIpc) is 3.49. The third-order valence-electron chi connectivity index (χ3n) is 7.71. The van der Waals surface area contributed by atoms with Crippen LogP contribution in [0, 0.1) is 0 Å². The van der Waals surface area contributed by atoms with Crippen LogP contribution in [0.15, 0.2) is 107 Å². The molecule has 11 nitrogen and oxygen atoms in total. The van der Waals surface area contributed by atoms with Gasteiger partial charge in [0.2, 0.25) is 5.90 Å². The highest BCUT2D eigenvalue weighted by Crippen LogP contribution is 2.44. The first-order chi connectivity index (χ1) is 23.0. The van der Waals surface area contributed by atoms with E-state index in [1.54, 1.807) is 49.6 Å². The molecule has 0 aromatic heterocycles. The minimum absolute atomic E-state index is 0.0379. The van der Waals surface area contributed by atoms with Crippen LogP contribution in [0.1, 0.15) is 34.8 Å². The normalized spacial score (nSPS) is 16.8. The summed E-state index contributed by atoms with van der Waals surface area (Å²) in [4.78, 5) is 22.5. The smallest absolute Gasteiger partial charge is 0.266 e. The standard InChI is InChI=1S/C35H35ClN6O5/c1-45-29-11-6-10-26(22-29)32-35(23-27-9-3-5-13-31(27)40-42-37,34(44)41-38-19-18-24-8-2-4-12-30(24)36)39-33(47-32)25-14-16-28(17-15-25)46-21-7-20-43/h2-6,8-17,22,32,38,43H,7,18-21,23H2,1H3,(H,41,44)/t32-,35-/m0/s1. The molecule has 0 spiro atoms. The van der Waals surface area contributed by atoms with Crippen molar-refractivity contribution in [2.75, 3.05) is 26.9 Å². The van der Waals surface area contributed by atoms with Crippen LogP contribution in [0.5, 0.6) is 11.5 Å². The molecule has 1 aliphatic rings. The van der Waals surface area contributed by atoms with Gasteiger partial charge in [-0.15, -0.1) is 0 Å². The van der Waals surface area contributed by atoms with Crippen LogP contribution >= 0.6 is 11.6 Å².